The Bertz CT molecular complexity index is 971. The van der Waals surface area contributed by atoms with Crippen LogP contribution >= 0.6 is 0 Å². The van der Waals surface area contributed by atoms with Gasteiger partial charge in [-0.05, 0) is 36.3 Å². The van der Waals surface area contributed by atoms with Gasteiger partial charge in [0.15, 0.2) is 18.1 Å². The second-order valence-corrected chi connectivity index (χ2v) is 6.37. The molecule has 1 heterocycles. The van der Waals surface area contributed by atoms with Gasteiger partial charge in [-0.15, -0.1) is 0 Å². The smallest absolute Gasteiger partial charge is 0.344 e. The lowest BCUT2D eigenvalue weighted by Gasteiger charge is -2.11. The average molecular weight is 410 g/mol. The van der Waals surface area contributed by atoms with E-state index in [1.165, 1.54) is 7.11 Å². The number of methoxy groups -OCH3 is 1. The van der Waals surface area contributed by atoms with E-state index in [4.69, 9.17) is 14.2 Å². The van der Waals surface area contributed by atoms with Crippen LogP contribution in [-0.4, -0.2) is 43.1 Å². The van der Waals surface area contributed by atoms with Crippen LogP contribution in [0.15, 0.2) is 54.2 Å². The van der Waals surface area contributed by atoms with Crippen LogP contribution in [0, 0.1) is 0 Å². The largest absolute Gasteiger partial charge is 0.493 e. The van der Waals surface area contributed by atoms with Gasteiger partial charge in [-0.25, -0.2) is 9.59 Å². The Morgan fingerprint density at radius 1 is 1.10 bits per heavy atom. The first-order valence-electron chi connectivity index (χ1n) is 9.36. The molecule has 0 saturated carbocycles. The van der Waals surface area contributed by atoms with Crippen molar-refractivity contribution in [1.29, 1.82) is 0 Å². The lowest BCUT2D eigenvalue weighted by atomic mass is 10.1. The summed E-state index contributed by atoms with van der Waals surface area (Å²) in [6.07, 6.45) is 1.56. The number of hydrogen-bond acceptors (Lipinski definition) is 6. The number of benzene rings is 2. The van der Waals surface area contributed by atoms with Crippen molar-refractivity contribution in [2.75, 3.05) is 20.3 Å². The maximum atomic E-state index is 12.7. The summed E-state index contributed by atoms with van der Waals surface area (Å²) in [4.78, 5) is 37.5. The van der Waals surface area contributed by atoms with Gasteiger partial charge in [0.25, 0.3) is 5.91 Å². The first kappa shape index (κ1) is 20.9. The molecule has 8 heteroatoms. The van der Waals surface area contributed by atoms with Crippen molar-refractivity contribution >= 4 is 24.0 Å². The Labute approximate surface area is 174 Å². The summed E-state index contributed by atoms with van der Waals surface area (Å²) in [5.41, 5.74) is 1.64. The summed E-state index contributed by atoms with van der Waals surface area (Å²) >= 11 is 0. The van der Waals surface area contributed by atoms with Crippen LogP contribution in [0.1, 0.15) is 18.1 Å². The third kappa shape index (κ3) is 4.96. The minimum Gasteiger partial charge on any atom is -0.493 e. The summed E-state index contributed by atoms with van der Waals surface area (Å²) in [6, 6.07) is 13.7. The summed E-state index contributed by atoms with van der Waals surface area (Å²) in [7, 11) is 1.47. The fourth-order valence-corrected chi connectivity index (χ4v) is 2.88. The zero-order valence-corrected chi connectivity index (χ0v) is 16.7. The van der Waals surface area contributed by atoms with Gasteiger partial charge in [0.2, 0.25) is 0 Å². The highest BCUT2D eigenvalue weighted by atomic mass is 16.6. The highest BCUT2D eigenvalue weighted by Crippen LogP contribution is 2.29. The van der Waals surface area contributed by atoms with E-state index in [9.17, 15) is 14.4 Å². The first-order valence-corrected chi connectivity index (χ1v) is 9.36. The second-order valence-electron chi connectivity index (χ2n) is 6.37. The number of nitrogens with one attached hydrogen (secondary N) is 1. The van der Waals surface area contributed by atoms with Crippen molar-refractivity contribution < 1.29 is 28.6 Å². The van der Waals surface area contributed by atoms with Crippen LogP contribution in [-0.2, 0) is 20.9 Å². The average Bonchev–Trinajstić information content (AvgIpc) is 3.01. The van der Waals surface area contributed by atoms with Gasteiger partial charge in [-0.3, -0.25) is 9.69 Å². The van der Waals surface area contributed by atoms with Crippen molar-refractivity contribution in [3.63, 3.8) is 0 Å². The van der Waals surface area contributed by atoms with E-state index >= 15 is 0 Å². The molecule has 0 bridgehead atoms. The Hall–Kier alpha value is -3.81. The van der Waals surface area contributed by atoms with Crippen molar-refractivity contribution in [1.82, 2.24) is 10.2 Å². The molecule has 1 N–H and O–H groups in total. The van der Waals surface area contributed by atoms with Crippen LogP contribution in [0.5, 0.6) is 11.5 Å². The normalized spacial score (nSPS) is 14.6. The molecule has 1 saturated heterocycles. The number of amides is 3. The second kappa shape index (κ2) is 9.60. The van der Waals surface area contributed by atoms with Crippen LogP contribution in [0.3, 0.4) is 0 Å². The number of hydrogen-bond donors (Lipinski definition) is 1. The van der Waals surface area contributed by atoms with E-state index in [1.807, 2.05) is 30.3 Å². The van der Waals surface area contributed by atoms with Crippen LogP contribution in [0.25, 0.3) is 6.08 Å². The van der Waals surface area contributed by atoms with E-state index < -0.39 is 17.9 Å². The van der Waals surface area contributed by atoms with Gasteiger partial charge >= 0.3 is 12.0 Å². The molecule has 8 nitrogen and oxygen atoms in total. The van der Waals surface area contributed by atoms with Crippen molar-refractivity contribution in [2.45, 2.75) is 13.5 Å². The standard InChI is InChI=1S/C22H22N2O6/c1-3-29-20(25)14-30-18-10-9-16(12-19(18)28-2)11-17-21(26)24(22(27)23-17)13-15-7-5-4-6-8-15/h4-12H,3,13-14H2,1-2H3,(H,23,27)/b17-11+. The topological polar surface area (TPSA) is 94.2 Å². The Morgan fingerprint density at radius 2 is 1.87 bits per heavy atom. The number of rotatable bonds is 8. The molecular weight excluding hydrogens is 388 g/mol. The number of urea groups is 1. The molecule has 2 aromatic rings. The highest BCUT2D eigenvalue weighted by Gasteiger charge is 2.33. The van der Waals surface area contributed by atoms with E-state index in [1.54, 1.807) is 31.2 Å². The minimum atomic E-state index is -0.483. The molecule has 30 heavy (non-hydrogen) atoms. The monoisotopic (exact) mass is 410 g/mol. The van der Waals surface area contributed by atoms with Crippen molar-refractivity contribution in [3.05, 3.63) is 65.4 Å². The quantitative estimate of drug-likeness (QED) is 0.409. The molecule has 1 fully saturated rings. The third-order valence-corrected chi connectivity index (χ3v) is 4.30. The molecule has 156 valence electrons. The fraction of sp³-hybridized carbons (Fsp3) is 0.227. The molecule has 1 aliphatic rings. The number of ether oxygens (including phenoxy) is 3. The predicted octanol–water partition coefficient (Wildman–Crippen LogP) is 2.73. The number of esters is 1. The van der Waals surface area contributed by atoms with Gasteiger partial charge in [0.1, 0.15) is 5.70 Å². The first-order chi connectivity index (χ1) is 14.5. The Kier molecular flexibility index (Phi) is 6.69. The lowest BCUT2D eigenvalue weighted by Crippen LogP contribution is -2.30. The SMILES string of the molecule is CCOC(=O)COc1ccc(/C=C2/NC(=O)N(Cc3ccccc3)C2=O)cc1OC. The number of imide groups is 1. The van der Waals surface area contributed by atoms with Gasteiger partial charge in [-0.2, -0.15) is 0 Å². The molecule has 0 unspecified atom stereocenters. The number of carbonyl (C=O) groups excluding carboxylic acids is 3. The molecule has 0 radical (unpaired) electrons. The molecule has 3 rings (SSSR count). The summed E-state index contributed by atoms with van der Waals surface area (Å²) in [6.45, 7) is 1.93. The molecule has 0 atom stereocenters. The summed E-state index contributed by atoms with van der Waals surface area (Å²) < 4.78 is 15.6. The molecule has 0 aliphatic carbocycles. The zero-order valence-electron chi connectivity index (χ0n) is 16.7. The molecule has 1 aliphatic heterocycles. The lowest BCUT2D eigenvalue weighted by molar-refractivity contribution is -0.145. The highest BCUT2D eigenvalue weighted by molar-refractivity contribution is 6.13. The number of nitrogens with zero attached hydrogens (tertiary/aromatic N) is 1. The van der Waals surface area contributed by atoms with E-state index in [-0.39, 0.29) is 25.5 Å². The molecule has 2 aromatic carbocycles. The van der Waals surface area contributed by atoms with Crippen LogP contribution in [0.2, 0.25) is 0 Å². The van der Waals surface area contributed by atoms with Gasteiger partial charge < -0.3 is 19.5 Å². The number of carbonyl (C=O) groups is 3. The maximum absolute atomic E-state index is 12.7. The van der Waals surface area contributed by atoms with Gasteiger partial charge in [0, 0.05) is 0 Å². The molecule has 0 aromatic heterocycles. The summed E-state index contributed by atoms with van der Waals surface area (Å²) in [5.74, 6) is -0.152. The Balaban J connectivity index is 1.73. The van der Waals surface area contributed by atoms with Crippen LogP contribution < -0.4 is 14.8 Å². The zero-order chi connectivity index (χ0) is 21.5. The van der Waals surface area contributed by atoms with Gasteiger partial charge in [0.05, 0.1) is 20.3 Å². The van der Waals surface area contributed by atoms with Gasteiger partial charge in [-0.1, -0.05) is 36.4 Å². The predicted molar refractivity (Wildman–Crippen MR) is 109 cm³/mol. The van der Waals surface area contributed by atoms with Crippen LogP contribution in [0.4, 0.5) is 4.79 Å². The van der Waals surface area contributed by atoms with E-state index in [0.717, 1.165) is 10.5 Å². The van der Waals surface area contributed by atoms with E-state index in [2.05, 4.69) is 5.32 Å². The summed E-state index contributed by atoms with van der Waals surface area (Å²) in [5, 5.41) is 2.59. The molecule has 3 amide bonds. The van der Waals surface area contributed by atoms with E-state index in [0.29, 0.717) is 17.1 Å². The fourth-order valence-electron chi connectivity index (χ4n) is 2.88. The molecular formula is C22H22N2O6. The Morgan fingerprint density at radius 3 is 2.57 bits per heavy atom. The van der Waals surface area contributed by atoms with Crippen molar-refractivity contribution in [2.24, 2.45) is 0 Å². The van der Waals surface area contributed by atoms with Crippen molar-refractivity contribution in [3.8, 4) is 11.5 Å². The third-order valence-electron chi connectivity index (χ3n) is 4.30. The molecule has 0 spiro atoms. The maximum Gasteiger partial charge on any atom is 0.344 e. The minimum absolute atomic E-state index is 0.165.